The molecule has 2 rings (SSSR count). The first-order chi connectivity index (χ1) is 11.5. The first-order valence-corrected chi connectivity index (χ1v) is 8.36. The molecule has 0 radical (unpaired) electrons. The van der Waals surface area contributed by atoms with Crippen LogP contribution in [-0.2, 0) is 17.8 Å². The highest BCUT2D eigenvalue weighted by Crippen LogP contribution is 2.28. The molecule has 0 heterocycles. The fourth-order valence-electron chi connectivity index (χ4n) is 2.35. The average Bonchev–Trinajstić information content (AvgIpc) is 2.56. The molecule has 0 saturated carbocycles. The average molecular weight is 348 g/mol. The van der Waals surface area contributed by atoms with E-state index < -0.39 is 6.09 Å². The Balaban J connectivity index is 2.15. The van der Waals surface area contributed by atoms with Crippen molar-refractivity contribution in [2.45, 2.75) is 33.8 Å². The van der Waals surface area contributed by atoms with Gasteiger partial charge in [0, 0.05) is 5.56 Å². The monoisotopic (exact) mass is 347 g/mol. The van der Waals surface area contributed by atoms with Crippen LogP contribution in [0.3, 0.4) is 0 Å². The van der Waals surface area contributed by atoms with E-state index in [1.54, 1.807) is 13.0 Å². The summed E-state index contributed by atoms with van der Waals surface area (Å²) in [5.74, 6) is 0.814. The minimum Gasteiger partial charge on any atom is -0.489 e. The Kier molecular flexibility index (Phi) is 6.50. The Morgan fingerprint density at radius 2 is 2.00 bits per heavy atom. The van der Waals surface area contributed by atoms with Crippen LogP contribution >= 0.6 is 11.6 Å². The normalized spacial score (nSPS) is 10.3. The Labute approximate surface area is 147 Å². The molecule has 0 spiro atoms. The van der Waals surface area contributed by atoms with Gasteiger partial charge in [-0.15, -0.1) is 0 Å². The van der Waals surface area contributed by atoms with Crippen LogP contribution in [-0.4, -0.2) is 12.7 Å². The topological polar surface area (TPSA) is 47.6 Å². The third kappa shape index (κ3) is 4.65. The summed E-state index contributed by atoms with van der Waals surface area (Å²) in [4.78, 5) is 11.7. The highest BCUT2D eigenvalue weighted by Gasteiger charge is 2.12. The number of para-hydroxylation sites is 1. The number of aryl methyl sites for hydroxylation is 2. The Hall–Kier alpha value is -2.20. The molecule has 0 fully saturated rings. The minimum absolute atomic E-state index is 0.297. The van der Waals surface area contributed by atoms with E-state index >= 15 is 0 Å². The van der Waals surface area contributed by atoms with Crippen molar-refractivity contribution in [1.29, 1.82) is 0 Å². The van der Waals surface area contributed by atoms with E-state index in [0.717, 1.165) is 23.3 Å². The van der Waals surface area contributed by atoms with Gasteiger partial charge in [0.05, 0.1) is 17.3 Å². The summed E-state index contributed by atoms with van der Waals surface area (Å²) in [7, 11) is 0. The van der Waals surface area contributed by atoms with Gasteiger partial charge in [0.2, 0.25) is 0 Å². The van der Waals surface area contributed by atoms with Crippen molar-refractivity contribution >= 4 is 23.4 Å². The van der Waals surface area contributed by atoms with Gasteiger partial charge >= 0.3 is 6.09 Å². The number of halogens is 1. The van der Waals surface area contributed by atoms with Crippen LogP contribution in [0.4, 0.5) is 10.5 Å². The second-order valence-corrected chi connectivity index (χ2v) is 5.77. The SMILES string of the molecule is CCOC(=O)Nc1c(Cl)cccc1COc1ccc(CC)cc1C. The van der Waals surface area contributed by atoms with Gasteiger partial charge < -0.3 is 9.47 Å². The summed E-state index contributed by atoms with van der Waals surface area (Å²) in [5, 5.41) is 3.12. The first-order valence-electron chi connectivity index (χ1n) is 7.98. The van der Waals surface area contributed by atoms with E-state index in [1.165, 1.54) is 5.56 Å². The maximum atomic E-state index is 11.7. The van der Waals surface area contributed by atoms with Crippen molar-refractivity contribution in [2.24, 2.45) is 0 Å². The molecule has 0 saturated heterocycles. The lowest BCUT2D eigenvalue weighted by atomic mass is 10.1. The lowest BCUT2D eigenvalue weighted by Crippen LogP contribution is -2.15. The molecule has 1 amide bonds. The number of hydrogen-bond donors (Lipinski definition) is 1. The van der Waals surface area contributed by atoms with E-state index in [9.17, 15) is 4.79 Å². The lowest BCUT2D eigenvalue weighted by molar-refractivity contribution is 0.168. The zero-order chi connectivity index (χ0) is 17.5. The van der Waals surface area contributed by atoms with Crippen LogP contribution < -0.4 is 10.1 Å². The number of hydrogen-bond acceptors (Lipinski definition) is 3. The summed E-state index contributed by atoms with van der Waals surface area (Å²) < 4.78 is 10.8. The largest absolute Gasteiger partial charge is 0.489 e. The lowest BCUT2D eigenvalue weighted by Gasteiger charge is -2.15. The maximum absolute atomic E-state index is 11.7. The summed E-state index contributed by atoms with van der Waals surface area (Å²) in [5.41, 5.74) is 3.65. The van der Waals surface area contributed by atoms with E-state index in [2.05, 4.69) is 24.4 Å². The molecular weight excluding hydrogens is 326 g/mol. The van der Waals surface area contributed by atoms with Crippen molar-refractivity contribution in [1.82, 2.24) is 0 Å². The second-order valence-electron chi connectivity index (χ2n) is 5.36. The van der Waals surface area contributed by atoms with Gasteiger partial charge in [-0.05, 0) is 43.5 Å². The van der Waals surface area contributed by atoms with Crippen LogP contribution in [0.2, 0.25) is 5.02 Å². The zero-order valence-corrected chi connectivity index (χ0v) is 14.9. The van der Waals surface area contributed by atoms with Gasteiger partial charge in [0.15, 0.2) is 0 Å². The molecule has 5 heteroatoms. The van der Waals surface area contributed by atoms with Gasteiger partial charge in [-0.3, -0.25) is 5.32 Å². The fraction of sp³-hybridized carbons (Fsp3) is 0.316. The molecule has 24 heavy (non-hydrogen) atoms. The Morgan fingerprint density at radius 3 is 2.67 bits per heavy atom. The molecule has 128 valence electrons. The number of ether oxygens (including phenoxy) is 2. The Bertz CT molecular complexity index is 716. The summed E-state index contributed by atoms with van der Waals surface area (Å²) >= 11 is 6.20. The summed E-state index contributed by atoms with van der Waals surface area (Å²) in [6, 6.07) is 11.5. The molecule has 2 aromatic carbocycles. The molecule has 0 aliphatic carbocycles. The van der Waals surface area contributed by atoms with Crippen molar-refractivity contribution < 1.29 is 14.3 Å². The number of anilines is 1. The van der Waals surface area contributed by atoms with Crippen molar-refractivity contribution in [3.05, 3.63) is 58.1 Å². The first kappa shape index (κ1) is 18.1. The van der Waals surface area contributed by atoms with Crippen molar-refractivity contribution in [2.75, 3.05) is 11.9 Å². The summed E-state index contributed by atoms with van der Waals surface area (Å²) in [6.45, 7) is 6.48. The van der Waals surface area contributed by atoms with Crippen LogP contribution in [0.15, 0.2) is 36.4 Å². The molecule has 0 aliphatic heterocycles. The maximum Gasteiger partial charge on any atom is 0.411 e. The number of rotatable bonds is 6. The molecule has 2 aromatic rings. The number of benzene rings is 2. The predicted molar refractivity (Wildman–Crippen MR) is 97.0 cm³/mol. The molecule has 0 bridgehead atoms. The van der Waals surface area contributed by atoms with Gasteiger partial charge in [-0.1, -0.05) is 42.8 Å². The molecule has 0 aromatic heterocycles. The highest BCUT2D eigenvalue weighted by molar-refractivity contribution is 6.33. The third-order valence-electron chi connectivity index (χ3n) is 3.63. The molecule has 1 N–H and O–H groups in total. The van der Waals surface area contributed by atoms with Crippen molar-refractivity contribution in [3.63, 3.8) is 0 Å². The van der Waals surface area contributed by atoms with Crippen LogP contribution in [0, 0.1) is 6.92 Å². The zero-order valence-electron chi connectivity index (χ0n) is 14.2. The van der Waals surface area contributed by atoms with Crippen LogP contribution in [0.25, 0.3) is 0 Å². The van der Waals surface area contributed by atoms with Gasteiger partial charge in [0.25, 0.3) is 0 Å². The highest BCUT2D eigenvalue weighted by atomic mass is 35.5. The quantitative estimate of drug-likeness (QED) is 0.765. The van der Waals surface area contributed by atoms with Crippen LogP contribution in [0.5, 0.6) is 5.75 Å². The predicted octanol–water partition coefficient (Wildman–Crippen LogP) is 5.36. The molecule has 0 unspecified atom stereocenters. The Morgan fingerprint density at radius 1 is 1.21 bits per heavy atom. The fourth-order valence-corrected chi connectivity index (χ4v) is 2.59. The number of nitrogens with one attached hydrogen (secondary N) is 1. The standard InChI is InChI=1S/C19H22ClNO3/c1-4-14-9-10-17(13(3)11-14)24-12-15-7-6-8-16(20)18(15)21-19(22)23-5-2/h6-11H,4-5,12H2,1-3H3,(H,21,22). The smallest absolute Gasteiger partial charge is 0.411 e. The number of carbonyl (C=O) groups excluding carboxylic acids is 1. The molecule has 0 aliphatic rings. The van der Waals surface area contributed by atoms with Gasteiger partial charge in [-0.2, -0.15) is 0 Å². The van der Waals surface area contributed by atoms with E-state index in [-0.39, 0.29) is 0 Å². The van der Waals surface area contributed by atoms with E-state index in [0.29, 0.717) is 23.9 Å². The van der Waals surface area contributed by atoms with Crippen molar-refractivity contribution in [3.8, 4) is 5.75 Å². The minimum atomic E-state index is -0.532. The second kappa shape index (κ2) is 8.60. The van der Waals surface area contributed by atoms with E-state index in [4.69, 9.17) is 21.1 Å². The van der Waals surface area contributed by atoms with Gasteiger partial charge in [-0.25, -0.2) is 4.79 Å². The summed E-state index contributed by atoms with van der Waals surface area (Å²) in [6.07, 6.45) is 0.457. The third-order valence-corrected chi connectivity index (χ3v) is 3.95. The molecule has 0 atom stereocenters. The molecular formula is C19H22ClNO3. The number of carbonyl (C=O) groups is 1. The van der Waals surface area contributed by atoms with Gasteiger partial charge in [0.1, 0.15) is 12.4 Å². The van der Waals surface area contributed by atoms with E-state index in [1.807, 2.05) is 25.1 Å². The number of amides is 1. The van der Waals surface area contributed by atoms with Crippen LogP contribution in [0.1, 0.15) is 30.5 Å². The molecule has 4 nitrogen and oxygen atoms in total.